The number of hydrogen-bond acceptors (Lipinski definition) is 4. The van der Waals surface area contributed by atoms with E-state index in [9.17, 15) is 0 Å². The zero-order valence-electron chi connectivity index (χ0n) is 9.96. The first-order valence-corrected chi connectivity index (χ1v) is 5.60. The molecular weight excluding hydrogens is 226 g/mol. The molecule has 0 bridgehead atoms. The zero-order valence-corrected chi connectivity index (χ0v) is 9.96. The lowest BCUT2D eigenvalue weighted by Crippen LogP contribution is -1.97. The Morgan fingerprint density at radius 1 is 1.11 bits per heavy atom. The second kappa shape index (κ2) is 3.73. The molecule has 2 heterocycles. The minimum Gasteiger partial charge on any atom is -0.398 e. The highest BCUT2D eigenvalue weighted by molar-refractivity contribution is 5.76. The first-order valence-electron chi connectivity index (χ1n) is 5.60. The van der Waals surface area contributed by atoms with Crippen LogP contribution in [0.25, 0.3) is 16.9 Å². The highest BCUT2D eigenvalue weighted by Gasteiger charge is 2.06. The van der Waals surface area contributed by atoms with Crippen molar-refractivity contribution in [3.63, 3.8) is 0 Å². The van der Waals surface area contributed by atoms with Gasteiger partial charge in [-0.1, -0.05) is 12.1 Å². The van der Waals surface area contributed by atoms with Gasteiger partial charge in [-0.2, -0.15) is 0 Å². The normalized spacial score (nSPS) is 10.9. The summed E-state index contributed by atoms with van der Waals surface area (Å²) in [6.07, 6.45) is 5.24. The van der Waals surface area contributed by atoms with Crippen molar-refractivity contribution in [2.75, 3.05) is 11.5 Å². The first-order chi connectivity index (χ1) is 8.65. The zero-order chi connectivity index (χ0) is 12.7. The molecule has 18 heavy (non-hydrogen) atoms. The molecule has 2 aromatic heterocycles. The van der Waals surface area contributed by atoms with Gasteiger partial charge in [-0.15, -0.1) is 0 Å². The third-order valence-electron chi connectivity index (χ3n) is 2.91. The third-order valence-corrected chi connectivity index (χ3v) is 2.91. The minimum absolute atomic E-state index is 0.560. The predicted octanol–water partition coefficient (Wildman–Crippen LogP) is 1.87. The molecule has 3 rings (SSSR count). The number of rotatable bonds is 1. The molecule has 0 aliphatic carbocycles. The molecule has 0 atom stereocenters. The smallest absolute Gasteiger partial charge is 0.235 e. The number of aromatic nitrogens is 3. The van der Waals surface area contributed by atoms with E-state index in [1.807, 2.05) is 31.3 Å². The molecule has 0 aliphatic heterocycles. The van der Waals surface area contributed by atoms with E-state index in [0.717, 1.165) is 22.4 Å². The van der Waals surface area contributed by atoms with Crippen molar-refractivity contribution in [3.8, 4) is 11.1 Å². The number of fused-ring (bicyclic) bond motifs is 1. The van der Waals surface area contributed by atoms with Crippen LogP contribution in [0.2, 0.25) is 0 Å². The molecule has 1 aromatic carbocycles. The van der Waals surface area contributed by atoms with Crippen molar-refractivity contribution < 1.29 is 0 Å². The topological polar surface area (TPSA) is 82.2 Å². The van der Waals surface area contributed by atoms with Gasteiger partial charge in [0.1, 0.15) is 5.82 Å². The Kier molecular flexibility index (Phi) is 2.19. The quantitative estimate of drug-likeness (QED) is 0.635. The van der Waals surface area contributed by atoms with Gasteiger partial charge in [-0.05, 0) is 18.6 Å². The number of nitrogens with two attached hydrogens (primary N) is 2. The van der Waals surface area contributed by atoms with Gasteiger partial charge >= 0.3 is 0 Å². The van der Waals surface area contributed by atoms with Crippen LogP contribution in [0.4, 0.5) is 11.5 Å². The number of nitrogens with zero attached hydrogens (tertiary/aromatic N) is 3. The van der Waals surface area contributed by atoms with E-state index in [-0.39, 0.29) is 0 Å². The van der Waals surface area contributed by atoms with Crippen molar-refractivity contribution in [2.45, 2.75) is 6.92 Å². The predicted molar refractivity (Wildman–Crippen MR) is 72.0 cm³/mol. The fourth-order valence-electron chi connectivity index (χ4n) is 1.98. The van der Waals surface area contributed by atoms with E-state index in [4.69, 9.17) is 11.5 Å². The maximum atomic E-state index is 6.03. The summed E-state index contributed by atoms with van der Waals surface area (Å²) in [5.41, 5.74) is 15.6. The summed E-state index contributed by atoms with van der Waals surface area (Å²) in [5, 5.41) is 0. The van der Waals surface area contributed by atoms with Crippen LogP contribution < -0.4 is 11.5 Å². The van der Waals surface area contributed by atoms with Crippen LogP contribution in [-0.2, 0) is 0 Å². The molecule has 0 spiro atoms. The van der Waals surface area contributed by atoms with Crippen molar-refractivity contribution in [1.29, 1.82) is 0 Å². The lowest BCUT2D eigenvalue weighted by atomic mass is 10.1. The summed E-state index contributed by atoms with van der Waals surface area (Å²) in [6.45, 7) is 2.01. The molecule has 5 nitrogen and oxygen atoms in total. The molecule has 0 saturated carbocycles. The fraction of sp³-hybridized carbons (Fsp3) is 0.0769. The Bertz CT molecular complexity index is 729. The Morgan fingerprint density at radius 2 is 1.89 bits per heavy atom. The first kappa shape index (κ1) is 10.6. The van der Waals surface area contributed by atoms with E-state index >= 15 is 0 Å². The summed E-state index contributed by atoms with van der Waals surface area (Å²) in [6, 6.07) is 5.95. The SMILES string of the molecule is Cc1ccc(-c2cnc3ncc(N)n3c2)c(N)c1. The molecule has 90 valence electrons. The highest BCUT2D eigenvalue weighted by Crippen LogP contribution is 2.26. The lowest BCUT2D eigenvalue weighted by molar-refractivity contribution is 1.12. The second-order valence-corrected chi connectivity index (χ2v) is 4.29. The molecule has 0 fully saturated rings. The van der Waals surface area contributed by atoms with Gasteiger partial charge in [0.05, 0.1) is 6.20 Å². The monoisotopic (exact) mass is 239 g/mol. The van der Waals surface area contributed by atoms with E-state index in [2.05, 4.69) is 9.97 Å². The number of anilines is 2. The largest absolute Gasteiger partial charge is 0.398 e. The van der Waals surface area contributed by atoms with Crippen molar-refractivity contribution in [1.82, 2.24) is 14.4 Å². The van der Waals surface area contributed by atoms with Crippen LogP contribution in [-0.4, -0.2) is 14.4 Å². The van der Waals surface area contributed by atoms with Crippen molar-refractivity contribution in [3.05, 3.63) is 42.4 Å². The van der Waals surface area contributed by atoms with Crippen molar-refractivity contribution in [2.24, 2.45) is 0 Å². The molecule has 0 amide bonds. The van der Waals surface area contributed by atoms with E-state index in [1.165, 1.54) is 0 Å². The van der Waals surface area contributed by atoms with Gasteiger partial charge in [0, 0.05) is 29.2 Å². The second-order valence-electron chi connectivity index (χ2n) is 4.29. The maximum Gasteiger partial charge on any atom is 0.235 e. The highest BCUT2D eigenvalue weighted by atomic mass is 15.1. The van der Waals surface area contributed by atoms with Crippen LogP contribution in [0.5, 0.6) is 0 Å². The summed E-state index contributed by atoms with van der Waals surface area (Å²) >= 11 is 0. The van der Waals surface area contributed by atoms with Crippen LogP contribution in [0.1, 0.15) is 5.56 Å². The van der Waals surface area contributed by atoms with Crippen LogP contribution in [0.15, 0.2) is 36.8 Å². The molecule has 4 N–H and O–H groups in total. The molecule has 3 aromatic rings. The van der Waals surface area contributed by atoms with Gasteiger partial charge in [0.15, 0.2) is 0 Å². The van der Waals surface area contributed by atoms with E-state index < -0.39 is 0 Å². The van der Waals surface area contributed by atoms with Gasteiger partial charge < -0.3 is 11.5 Å². The van der Waals surface area contributed by atoms with Gasteiger partial charge in [0.2, 0.25) is 5.78 Å². The summed E-state index contributed by atoms with van der Waals surface area (Å²) in [7, 11) is 0. The van der Waals surface area contributed by atoms with Gasteiger partial charge in [-0.3, -0.25) is 4.40 Å². The summed E-state index contributed by atoms with van der Waals surface area (Å²) < 4.78 is 1.74. The summed E-state index contributed by atoms with van der Waals surface area (Å²) in [5.74, 6) is 1.15. The fourth-order valence-corrected chi connectivity index (χ4v) is 1.98. The number of imidazole rings is 1. The van der Waals surface area contributed by atoms with Crippen molar-refractivity contribution >= 4 is 17.3 Å². The summed E-state index contributed by atoms with van der Waals surface area (Å²) in [4.78, 5) is 8.34. The van der Waals surface area contributed by atoms with Crippen LogP contribution in [0.3, 0.4) is 0 Å². The van der Waals surface area contributed by atoms with Crippen LogP contribution >= 0.6 is 0 Å². The number of benzene rings is 1. The number of nitrogen functional groups attached to an aromatic ring is 2. The maximum absolute atomic E-state index is 6.03. The molecule has 0 aliphatic rings. The van der Waals surface area contributed by atoms with Crippen LogP contribution in [0, 0.1) is 6.92 Å². The Hall–Kier alpha value is -2.56. The third kappa shape index (κ3) is 1.57. The average molecular weight is 239 g/mol. The number of aryl methyl sites for hydroxylation is 1. The molecular formula is C13H13N5. The Labute approximate surface area is 104 Å². The van der Waals surface area contributed by atoms with E-state index in [0.29, 0.717) is 11.6 Å². The van der Waals surface area contributed by atoms with Gasteiger partial charge in [0.25, 0.3) is 0 Å². The molecule has 0 unspecified atom stereocenters. The van der Waals surface area contributed by atoms with E-state index in [1.54, 1.807) is 16.8 Å². The standard InChI is InChI=1S/C13H13N5/c1-8-2-3-10(11(14)4-8)9-5-16-13-17-6-12(15)18(13)7-9/h2-7H,14-15H2,1H3. The molecule has 0 radical (unpaired) electrons. The minimum atomic E-state index is 0.560. The Balaban J connectivity index is 2.21. The lowest BCUT2D eigenvalue weighted by Gasteiger charge is -2.07. The average Bonchev–Trinajstić information content (AvgIpc) is 2.71. The molecule has 0 saturated heterocycles. The number of hydrogen-bond donors (Lipinski definition) is 2. The Morgan fingerprint density at radius 3 is 2.67 bits per heavy atom. The molecule has 5 heteroatoms. The van der Waals surface area contributed by atoms with Gasteiger partial charge in [-0.25, -0.2) is 9.97 Å².